The predicted octanol–water partition coefficient (Wildman–Crippen LogP) is 4.37. The minimum absolute atomic E-state index is 0.0225. The zero-order chi connectivity index (χ0) is 21.3. The molecular formula is C26H30N2O2. The van der Waals surface area contributed by atoms with Gasteiger partial charge in [-0.25, -0.2) is 0 Å². The van der Waals surface area contributed by atoms with Crippen molar-refractivity contribution in [3.05, 3.63) is 83.9 Å². The molecule has 3 aromatic rings. The smallest absolute Gasteiger partial charge is 0.242 e. The second-order valence-corrected chi connectivity index (χ2v) is 7.50. The van der Waals surface area contributed by atoms with Crippen LogP contribution in [-0.4, -0.2) is 36.3 Å². The zero-order valence-corrected chi connectivity index (χ0v) is 17.8. The van der Waals surface area contributed by atoms with Crippen molar-refractivity contribution in [2.24, 2.45) is 0 Å². The first kappa shape index (κ1) is 21.6. The molecule has 4 heteroatoms. The van der Waals surface area contributed by atoms with Gasteiger partial charge in [0.25, 0.3) is 0 Å². The second-order valence-electron chi connectivity index (χ2n) is 7.50. The van der Waals surface area contributed by atoms with E-state index in [9.17, 15) is 9.59 Å². The molecule has 1 N–H and O–H groups in total. The Labute approximate surface area is 178 Å². The highest BCUT2D eigenvalue weighted by Gasteiger charge is 2.27. The van der Waals surface area contributed by atoms with Crippen LogP contribution in [0.25, 0.3) is 10.8 Å². The van der Waals surface area contributed by atoms with Crippen LogP contribution in [0.4, 0.5) is 0 Å². The molecule has 3 rings (SSSR count). The molecule has 0 aliphatic heterocycles. The summed E-state index contributed by atoms with van der Waals surface area (Å²) in [5, 5.41) is 5.08. The van der Waals surface area contributed by atoms with E-state index >= 15 is 0 Å². The molecule has 0 radical (unpaired) electrons. The van der Waals surface area contributed by atoms with E-state index in [1.54, 1.807) is 11.9 Å². The van der Waals surface area contributed by atoms with Crippen molar-refractivity contribution in [3.8, 4) is 0 Å². The van der Waals surface area contributed by atoms with E-state index in [1.165, 1.54) is 10.8 Å². The van der Waals surface area contributed by atoms with Crippen molar-refractivity contribution in [2.75, 3.05) is 13.6 Å². The van der Waals surface area contributed by atoms with Gasteiger partial charge in [-0.3, -0.25) is 9.59 Å². The summed E-state index contributed by atoms with van der Waals surface area (Å²) in [7, 11) is 1.63. The maximum Gasteiger partial charge on any atom is 0.242 e. The predicted molar refractivity (Wildman–Crippen MR) is 122 cm³/mol. The highest BCUT2D eigenvalue weighted by Crippen LogP contribution is 2.20. The number of carbonyl (C=O) groups excluding carboxylic acids is 2. The molecular weight excluding hydrogens is 372 g/mol. The summed E-state index contributed by atoms with van der Waals surface area (Å²) in [5.41, 5.74) is 2.33. The van der Waals surface area contributed by atoms with E-state index in [0.29, 0.717) is 25.8 Å². The lowest BCUT2D eigenvalue weighted by atomic mass is 10.00. The Kier molecular flexibility index (Phi) is 7.61. The highest BCUT2D eigenvalue weighted by molar-refractivity contribution is 5.89. The Morgan fingerprint density at radius 1 is 0.900 bits per heavy atom. The number of amides is 2. The third kappa shape index (κ3) is 5.26. The van der Waals surface area contributed by atoms with Gasteiger partial charge in [-0.1, -0.05) is 79.7 Å². The van der Waals surface area contributed by atoms with Crippen LogP contribution in [0.5, 0.6) is 0 Å². The molecule has 0 fully saturated rings. The van der Waals surface area contributed by atoms with Crippen molar-refractivity contribution in [2.45, 2.75) is 38.6 Å². The summed E-state index contributed by atoms with van der Waals surface area (Å²) in [6.45, 7) is 2.48. The fraction of sp³-hybridized carbons (Fsp3) is 0.308. The standard InChI is InChI=1S/C26H30N2O2/c1-3-24(26(30)27-2)28(19-18-20-10-5-4-6-11-20)25(29)17-16-22-14-9-13-21-12-7-8-15-23(21)22/h4-15,24H,3,16-19H2,1-2H3,(H,27,30). The Bertz CT molecular complexity index is 979. The molecule has 0 aromatic heterocycles. The Morgan fingerprint density at radius 2 is 1.60 bits per heavy atom. The summed E-state index contributed by atoms with van der Waals surface area (Å²) in [6.07, 6.45) is 2.37. The van der Waals surface area contributed by atoms with Gasteiger partial charge in [0.1, 0.15) is 6.04 Å². The van der Waals surface area contributed by atoms with Crippen molar-refractivity contribution < 1.29 is 9.59 Å². The van der Waals surface area contributed by atoms with Crippen LogP contribution >= 0.6 is 0 Å². The van der Waals surface area contributed by atoms with E-state index in [4.69, 9.17) is 0 Å². The van der Waals surface area contributed by atoms with Gasteiger partial charge in [0.2, 0.25) is 11.8 Å². The number of fused-ring (bicyclic) bond motifs is 1. The summed E-state index contributed by atoms with van der Waals surface area (Å²) >= 11 is 0. The van der Waals surface area contributed by atoms with Gasteiger partial charge >= 0.3 is 0 Å². The third-order valence-corrected chi connectivity index (χ3v) is 5.60. The number of likely N-dealkylation sites (N-methyl/N-ethyl adjacent to an activating group) is 1. The van der Waals surface area contributed by atoms with Gasteiger partial charge in [-0.15, -0.1) is 0 Å². The fourth-order valence-electron chi connectivity index (χ4n) is 3.96. The van der Waals surface area contributed by atoms with Crippen molar-refractivity contribution in [3.63, 3.8) is 0 Å². The van der Waals surface area contributed by atoms with Crippen LogP contribution in [0.1, 0.15) is 30.9 Å². The quantitative estimate of drug-likeness (QED) is 0.578. The number of carbonyl (C=O) groups is 2. The van der Waals surface area contributed by atoms with E-state index in [0.717, 1.165) is 17.5 Å². The van der Waals surface area contributed by atoms with Gasteiger partial charge in [0.05, 0.1) is 0 Å². The fourth-order valence-corrected chi connectivity index (χ4v) is 3.96. The lowest BCUT2D eigenvalue weighted by Gasteiger charge is -2.30. The lowest BCUT2D eigenvalue weighted by molar-refractivity contribution is -0.140. The Hall–Kier alpha value is -3.14. The first-order chi connectivity index (χ1) is 14.6. The van der Waals surface area contributed by atoms with Gasteiger partial charge in [0, 0.05) is 20.0 Å². The van der Waals surface area contributed by atoms with Gasteiger partial charge in [-0.2, -0.15) is 0 Å². The molecule has 0 aliphatic rings. The average molecular weight is 403 g/mol. The van der Waals surface area contributed by atoms with E-state index < -0.39 is 6.04 Å². The van der Waals surface area contributed by atoms with Crippen molar-refractivity contribution in [1.29, 1.82) is 0 Å². The first-order valence-electron chi connectivity index (χ1n) is 10.7. The van der Waals surface area contributed by atoms with E-state index in [-0.39, 0.29) is 11.8 Å². The largest absolute Gasteiger partial charge is 0.357 e. The van der Waals surface area contributed by atoms with Crippen LogP contribution in [0, 0.1) is 0 Å². The molecule has 2 amide bonds. The second kappa shape index (κ2) is 10.6. The molecule has 1 unspecified atom stereocenters. The third-order valence-electron chi connectivity index (χ3n) is 5.60. The molecule has 30 heavy (non-hydrogen) atoms. The first-order valence-corrected chi connectivity index (χ1v) is 10.7. The number of nitrogens with zero attached hydrogens (tertiary/aromatic N) is 1. The molecule has 3 aromatic carbocycles. The maximum atomic E-state index is 13.2. The van der Waals surface area contributed by atoms with Gasteiger partial charge in [0.15, 0.2) is 0 Å². The Balaban J connectivity index is 1.75. The molecule has 1 atom stereocenters. The molecule has 156 valence electrons. The minimum atomic E-state index is -0.446. The molecule has 0 aliphatic carbocycles. The van der Waals surface area contributed by atoms with Crippen LogP contribution in [-0.2, 0) is 22.4 Å². The highest BCUT2D eigenvalue weighted by atomic mass is 16.2. The summed E-state index contributed by atoms with van der Waals surface area (Å²) < 4.78 is 0. The van der Waals surface area contributed by atoms with Crippen molar-refractivity contribution in [1.82, 2.24) is 10.2 Å². The number of nitrogens with one attached hydrogen (secondary N) is 1. The number of hydrogen-bond acceptors (Lipinski definition) is 2. The normalized spacial score (nSPS) is 11.8. The zero-order valence-electron chi connectivity index (χ0n) is 17.8. The topological polar surface area (TPSA) is 49.4 Å². The SMILES string of the molecule is CCC(C(=O)NC)N(CCc1ccccc1)C(=O)CCc1cccc2ccccc12. The van der Waals surface area contributed by atoms with Crippen LogP contribution in [0.3, 0.4) is 0 Å². The molecule has 0 bridgehead atoms. The number of rotatable bonds is 9. The van der Waals surface area contributed by atoms with E-state index in [2.05, 4.69) is 41.7 Å². The number of hydrogen-bond donors (Lipinski definition) is 1. The molecule has 4 nitrogen and oxygen atoms in total. The monoisotopic (exact) mass is 402 g/mol. The molecule has 0 saturated heterocycles. The van der Waals surface area contributed by atoms with Gasteiger partial charge < -0.3 is 10.2 Å². The number of aryl methyl sites for hydroxylation is 1. The lowest BCUT2D eigenvalue weighted by Crippen LogP contribution is -2.49. The molecule has 0 spiro atoms. The summed E-state index contributed by atoms with van der Waals surface area (Å²) in [5.74, 6) is -0.0848. The van der Waals surface area contributed by atoms with Crippen LogP contribution < -0.4 is 5.32 Å². The minimum Gasteiger partial charge on any atom is -0.357 e. The Morgan fingerprint density at radius 3 is 2.33 bits per heavy atom. The van der Waals surface area contributed by atoms with E-state index in [1.807, 2.05) is 43.3 Å². The average Bonchev–Trinajstić information content (AvgIpc) is 2.80. The maximum absolute atomic E-state index is 13.2. The van der Waals surface area contributed by atoms with Gasteiger partial charge in [-0.05, 0) is 41.2 Å². The van der Waals surface area contributed by atoms with Crippen LogP contribution in [0.2, 0.25) is 0 Å². The summed E-state index contributed by atoms with van der Waals surface area (Å²) in [6, 6.07) is 24.1. The van der Waals surface area contributed by atoms with Crippen molar-refractivity contribution >= 4 is 22.6 Å². The number of benzene rings is 3. The molecule has 0 heterocycles. The molecule has 0 saturated carbocycles. The van der Waals surface area contributed by atoms with Crippen LogP contribution in [0.15, 0.2) is 72.8 Å². The summed E-state index contributed by atoms with van der Waals surface area (Å²) in [4.78, 5) is 27.4.